The van der Waals surface area contributed by atoms with Crippen molar-refractivity contribution in [1.29, 1.82) is 0 Å². The summed E-state index contributed by atoms with van der Waals surface area (Å²) in [5, 5.41) is 12.3. The number of amides is 1. The van der Waals surface area contributed by atoms with Gasteiger partial charge in [0.05, 0.1) is 0 Å². The van der Waals surface area contributed by atoms with E-state index in [1.54, 1.807) is 23.9 Å². The second kappa shape index (κ2) is 9.68. The average molecular weight is 330 g/mol. The van der Waals surface area contributed by atoms with Crippen LogP contribution in [0.4, 0.5) is 0 Å². The molecule has 0 spiro atoms. The lowest BCUT2D eigenvalue weighted by Crippen LogP contribution is -2.40. The Balaban J connectivity index is 2.32. The first-order valence-electron chi connectivity index (χ1n) is 6.93. The van der Waals surface area contributed by atoms with Crippen molar-refractivity contribution in [2.75, 3.05) is 5.75 Å². The van der Waals surface area contributed by atoms with Crippen LogP contribution in [0.3, 0.4) is 0 Å². The van der Waals surface area contributed by atoms with Gasteiger partial charge < -0.3 is 10.4 Å². The van der Waals surface area contributed by atoms with Crippen molar-refractivity contribution in [3.8, 4) is 0 Å². The van der Waals surface area contributed by atoms with Gasteiger partial charge in [-0.05, 0) is 30.7 Å². The standard InChI is InChI=1S/C15H20ClNO3S/c1-2-3-4-13(15(19)20)17-14(18)9-10-21-12-7-5-11(16)6-8-12/h5-8,13H,2-4,9-10H2,1H3,(H,17,18)(H,19,20). The minimum absolute atomic E-state index is 0.222. The summed E-state index contributed by atoms with van der Waals surface area (Å²) in [7, 11) is 0. The Kier molecular flexibility index (Phi) is 8.23. The zero-order valence-corrected chi connectivity index (χ0v) is 13.5. The lowest BCUT2D eigenvalue weighted by Gasteiger charge is -2.13. The number of benzene rings is 1. The SMILES string of the molecule is CCCCC(NC(=O)CCSc1ccc(Cl)cc1)C(=O)O. The number of carboxylic acid groups (broad SMARTS) is 1. The van der Waals surface area contributed by atoms with Gasteiger partial charge in [-0.3, -0.25) is 4.79 Å². The van der Waals surface area contributed by atoms with Gasteiger partial charge in [-0.1, -0.05) is 31.4 Å². The fraction of sp³-hybridized carbons (Fsp3) is 0.467. The van der Waals surface area contributed by atoms with Gasteiger partial charge in [0, 0.05) is 22.1 Å². The molecule has 0 aromatic heterocycles. The molecular formula is C15H20ClNO3S. The molecule has 116 valence electrons. The number of unbranched alkanes of at least 4 members (excludes halogenated alkanes) is 1. The highest BCUT2D eigenvalue weighted by Crippen LogP contribution is 2.20. The summed E-state index contributed by atoms with van der Waals surface area (Å²) >= 11 is 7.34. The molecule has 0 bridgehead atoms. The number of carbonyl (C=O) groups is 2. The highest BCUT2D eigenvalue weighted by molar-refractivity contribution is 7.99. The third-order valence-electron chi connectivity index (χ3n) is 2.89. The summed E-state index contributed by atoms with van der Waals surface area (Å²) in [6, 6.07) is 6.61. The molecule has 0 radical (unpaired) electrons. The van der Waals surface area contributed by atoms with Gasteiger partial charge in [-0.15, -0.1) is 11.8 Å². The summed E-state index contributed by atoms with van der Waals surface area (Å²) < 4.78 is 0. The highest BCUT2D eigenvalue weighted by atomic mass is 35.5. The van der Waals surface area contributed by atoms with Gasteiger partial charge in [0.1, 0.15) is 6.04 Å². The van der Waals surface area contributed by atoms with E-state index in [0.29, 0.717) is 23.6 Å². The predicted molar refractivity (Wildman–Crippen MR) is 85.9 cm³/mol. The van der Waals surface area contributed by atoms with Crippen LogP contribution in [0.5, 0.6) is 0 Å². The van der Waals surface area contributed by atoms with Crippen LogP contribution in [-0.4, -0.2) is 28.8 Å². The third-order valence-corrected chi connectivity index (χ3v) is 4.16. The van der Waals surface area contributed by atoms with Crippen molar-refractivity contribution in [1.82, 2.24) is 5.32 Å². The predicted octanol–water partition coefficient (Wildman–Crippen LogP) is 3.58. The van der Waals surface area contributed by atoms with Crippen LogP contribution >= 0.6 is 23.4 Å². The molecule has 4 nitrogen and oxygen atoms in total. The maximum Gasteiger partial charge on any atom is 0.326 e. The summed E-state index contributed by atoms with van der Waals surface area (Å²) in [5.41, 5.74) is 0. The summed E-state index contributed by atoms with van der Waals surface area (Å²) in [5.74, 6) is -0.588. The number of hydrogen-bond donors (Lipinski definition) is 2. The molecule has 1 aromatic carbocycles. The molecule has 1 aromatic rings. The molecule has 1 amide bonds. The van der Waals surface area contributed by atoms with Crippen molar-refractivity contribution in [3.05, 3.63) is 29.3 Å². The fourth-order valence-electron chi connectivity index (χ4n) is 1.72. The van der Waals surface area contributed by atoms with Gasteiger partial charge in [0.15, 0.2) is 0 Å². The summed E-state index contributed by atoms with van der Waals surface area (Å²) in [6.45, 7) is 1.99. The molecule has 0 aliphatic rings. The smallest absolute Gasteiger partial charge is 0.326 e. The van der Waals surface area contributed by atoms with Gasteiger partial charge in [0.2, 0.25) is 5.91 Å². The Bertz CT molecular complexity index is 464. The molecule has 1 unspecified atom stereocenters. The number of thioether (sulfide) groups is 1. The first kappa shape index (κ1) is 17.9. The van der Waals surface area contributed by atoms with Crippen molar-refractivity contribution >= 4 is 35.2 Å². The van der Waals surface area contributed by atoms with E-state index in [0.717, 1.165) is 17.7 Å². The van der Waals surface area contributed by atoms with Gasteiger partial charge in [-0.25, -0.2) is 4.79 Å². The normalized spacial score (nSPS) is 11.9. The number of halogens is 1. The van der Waals surface area contributed by atoms with Crippen LogP contribution in [-0.2, 0) is 9.59 Å². The Morgan fingerprint density at radius 2 is 2.00 bits per heavy atom. The van der Waals surface area contributed by atoms with Crippen molar-refractivity contribution in [2.45, 2.75) is 43.5 Å². The number of hydrogen-bond acceptors (Lipinski definition) is 3. The molecule has 1 rings (SSSR count). The van der Waals surface area contributed by atoms with E-state index in [2.05, 4.69) is 5.32 Å². The molecule has 2 N–H and O–H groups in total. The molecule has 0 aliphatic heterocycles. The average Bonchev–Trinajstić information content (AvgIpc) is 2.45. The molecule has 0 heterocycles. The highest BCUT2D eigenvalue weighted by Gasteiger charge is 2.18. The van der Waals surface area contributed by atoms with Crippen LogP contribution in [0, 0.1) is 0 Å². The monoisotopic (exact) mass is 329 g/mol. The van der Waals surface area contributed by atoms with E-state index in [1.165, 1.54) is 0 Å². The Morgan fingerprint density at radius 3 is 2.57 bits per heavy atom. The zero-order valence-electron chi connectivity index (χ0n) is 12.0. The minimum Gasteiger partial charge on any atom is -0.480 e. The van der Waals surface area contributed by atoms with Gasteiger partial charge in [-0.2, -0.15) is 0 Å². The molecule has 6 heteroatoms. The zero-order chi connectivity index (χ0) is 15.7. The Hall–Kier alpha value is -1.20. The fourth-order valence-corrected chi connectivity index (χ4v) is 2.70. The van der Waals surface area contributed by atoms with E-state index in [-0.39, 0.29) is 5.91 Å². The van der Waals surface area contributed by atoms with Gasteiger partial charge >= 0.3 is 5.97 Å². The van der Waals surface area contributed by atoms with E-state index in [1.807, 2.05) is 19.1 Å². The number of rotatable bonds is 9. The summed E-state index contributed by atoms with van der Waals surface area (Å²) in [4.78, 5) is 23.8. The largest absolute Gasteiger partial charge is 0.480 e. The van der Waals surface area contributed by atoms with Crippen LogP contribution in [0.1, 0.15) is 32.6 Å². The topological polar surface area (TPSA) is 66.4 Å². The third kappa shape index (κ3) is 7.39. The van der Waals surface area contributed by atoms with Crippen LogP contribution in [0.15, 0.2) is 29.2 Å². The van der Waals surface area contributed by atoms with Crippen molar-refractivity contribution in [2.24, 2.45) is 0 Å². The summed E-state index contributed by atoms with van der Waals surface area (Å²) in [6.07, 6.45) is 2.47. The van der Waals surface area contributed by atoms with Crippen LogP contribution in [0.2, 0.25) is 5.02 Å². The maximum atomic E-state index is 11.8. The first-order valence-corrected chi connectivity index (χ1v) is 8.29. The number of carbonyl (C=O) groups excluding carboxylic acids is 1. The molecule has 21 heavy (non-hydrogen) atoms. The van der Waals surface area contributed by atoms with Gasteiger partial charge in [0.25, 0.3) is 0 Å². The van der Waals surface area contributed by atoms with Crippen molar-refractivity contribution in [3.63, 3.8) is 0 Å². The van der Waals surface area contributed by atoms with E-state index < -0.39 is 12.0 Å². The number of aliphatic carboxylic acids is 1. The molecular weight excluding hydrogens is 310 g/mol. The quantitative estimate of drug-likeness (QED) is 0.679. The van der Waals surface area contributed by atoms with Crippen LogP contribution in [0.25, 0.3) is 0 Å². The molecule has 1 atom stereocenters. The number of carboxylic acids is 1. The maximum absolute atomic E-state index is 11.8. The second-order valence-electron chi connectivity index (χ2n) is 4.65. The number of nitrogens with one attached hydrogen (secondary N) is 1. The molecule has 0 aliphatic carbocycles. The first-order chi connectivity index (χ1) is 10.0. The van der Waals surface area contributed by atoms with E-state index in [4.69, 9.17) is 16.7 Å². The van der Waals surface area contributed by atoms with Crippen molar-refractivity contribution < 1.29 is 14.7 Å². The lowest BCUT2D eigenvalue weighted by atomic mass is 10.1. The molecule has 0 saturated carbocycles. The minimum atomic E-state index is -0.970. The molecule has 0 fully saturated rings. The van der Waals surface area contributed by atoms with Crippen LogP contribution < -0.4 is 5.32 Å². The molecule has 0 saturated heterocycles. The van der Waals surface area contributed by atoms with E-state index in [9.17, 15) is 9.59 Å². The Labute approximate surface area is 134 Å². The Morgan fingerprint density at radius 1 is 1.33 bits per heavy atom. The van der Waals surface area contributed by atoms with E-state index >= 15 is 0 Å². The lowest BCUT2D eigenvalue weighted by molar-refractivity contribution is -0.142. The second-order valence-corrected chi connectivity index (χ2v) is 6.26.